The Hall–Kier alpha value is -2.10. The summed E-state index contributed by atoms with van der Waals surface area (Å²) in [6.45, 7) is 5.40. The zero-order valence-electron chi connectivity index (χ0n) is 10.8. The minimum atomic E-state index is -0.561. The average Bonchev–Trinajstić information content (AvgIpc) is 2.24. The monoisotopic (exact) mass is 247 g/mol. The van der Waals surface area contributed by atoms with Crippen molar-refractivity contribution in [1.29, 1.82) is 0 Å². The van der Waals surface area contributed by atoms with Crippen molar-refractivity contribution in [3.8, 4) is 0 Å². The van der Waals surface area contributed by atoms with Crippen molar-refractivity contribution in [2.45, 2.75) is 26.4 Å². The lowest BCUT2D eigenvalue weighted by atomic mass is 10.1. The number of ether oxygens (including phenoxy) is 1. The van der Waals surface area contributed by atoms with Crippen LogP contribution in [0.25, 0.3) is 6.08 Å². The molecule has 0 unspecified atom stereocenters. The maximum atomic E-state index is 12.0. The molecule has 0 bridgehead atoms. The molecular formula is C14H17NO3. The molecule has 1 amide bonds. The van der Waals surface area contributed by atoms with Crippen LogP contribution in [0.5, 0.6) is 0 Å². The van der Waals surface area contributed by atoms with E-state index in [0.717, 1.165) is 0 Å². The molecule has 0 saturated heterocycles. The molecule has 4 heteroatoms. The molecule has 0 aromatic heterocycles. The van der Waals surface area contributed by atoms with Gasteiger partial charge in [-0.2, -0.15) is 0 Å². The Morgan fingerprint density at radius 3 is 2.39 bits per heavy atom. The van der Waals surface area contributed by atoms with Gasteiger partial charge in [-0.3, -0.25) is 4.79 Å². The van der Waals surface area contributed by atoms with Gasteiger partial charge in [-0.15, -0.1) is 0 Å². The van der Waals surface area contributed by atoms with Crippen LogP contribution >= 0.6 is 0 Å². The largest absolute Gasteiger partial charge is 0.456 e. The fraction of sp³-hybridized carbons (Fsp3) is 0.286. The zero-order chi connectivity index (χ0) is 13.8. The van der Waals surface area contributed by atoms with E-state index in [4.69, 9.17) is 10.5 Å². The van der Waals surface area contributed by atoms with Gasteiger partial charge < -0.3 is 10.5 Å². The third-order valence-electron chi connectivity index (χ3n) is 2.01. The first-order chi connectivity index (χ1) is 8.29. The number of carbonyl (C=O) groups is 2. The van der Waals surface area contributed by atoms with Crippen molar-refractivity contribution < 1.29 is 14.3 Å². The third-order valence-corrected chi connectivity index (χ3v) is 2.01. The van der Waals surface area contributed by atoms with Gasteiger partial charge in [0.25, 0.3) is 0 Å². The van der Waals surface area contributed by atoms with Gasteiger partial charge >= 0.3 is 5.97 Å². The Balaban J connectivity index is 3.02. The van der Waals surface area contributed by atoms with E-state index in [2.05, 4.69) is 0 Å². The molecule has 0 saturated carbocycles. The summed E-state index contributed by atoms with van der Waals surface area (Å²) in [5.74, 6) is -0.985. The summed E-state index contributed by atoms with van der Waals surface area (Å²) in [6.07, 6.45) is 2.71. The number of nitrogens with two attached hydrogens (primary N) is 1. The third kappa shape index (κ3) is 4.41. The number of esters is 1. The van der Waals surface area contributed by atoms with E-state index < -0.39 is 17.5 Å². The number of amides is 1. The molecule has 18 heavy (non-hydrogen) atoms. The maximum Gasteiger partial charge on any atom is 0.339 e. The molecule has 0 spiro atoms. The molecule has 0 aliphatic carbocycles. The summed E-state index contributed by atoms with van der Waals surface area (Å²) >= 11 is 0. The quantitative estimate of drug-likeness (QED) is 0.657. The van der Waals surface area contributed by atoms with Gasteiger partial charge in [-0.1, -0.05) is 18.2 Å². The molecule has 0 heterocycles. The summed E-state index contributed by atoms with van der Waals surface area (Å²) in [5.41, 5.74) is 5.48. The lowest BCUT2D eigenvalue weighted by molar-refractivity contribution is -0.113. The standard InChI is InChI=1S/C14H17NO3/c1-14(2,3)18-13(17)11-7-5-4-6-10(11)8-9-12(15)16/h4-9H,1-3H3,(H2,15,16). The van der Waals surface area contributed by atoms with Gasteiger partial charge in [0.1, 0.15) is 5.60 Å². The first-order valence-electron chi connectivity index (χ1n) is 5.59. The topological polar surface area (TPSA) is 69.4 Å². The van der Waals surface area contributed by atoms with E-state index >= 15 is 0 Å². The first kappa shape index (κ1) is 14.0. The summed E-state index contributed by atoms with van der Waals surface area (Å²) in [6, 6.07) is 6.88. The van der Waals surface area contributed by atoms with Gasteiger partial charge in [0.05, 0.1) is 5.56 Å². The molecule has 0 aliphatic rings. The molecule has 0 aliphatic heterocycles. The molecule has 4 nitrogen and oxygen atoms in total. The van der Waals surface area contributed by atoms with Crippen molar-refractivity contribution >= 4 is 18.0 Å². The lowest BCUT2D eigenvalue weighted by Gasteiger charge is -2.20. The first-order valence-corrected chi connectivity index (χ1v) is 5.59. The van der Waals surface area contributed by atoms with Crippen LogP contribution in [0.4, 0.5) is 0 Å². The zero-order valence-corrected chi connectivity index (χ0v) is 10.8. The van der Waals surface area contributed by atoms with Crippen LogP contribution in [0.1, 0.15) is 36.7 Å². The second kappa shape index (κ2) is 5.49. The highest BCUT2D eigenvalue weighted by atomic mass is 16.6. The van der Waals surface area contributed by atoms with Crippen molar-refractivity contribution in [1.82, 2.24) is 0 Å². The van der Waals surface area contributed by atoms with Crippen LogP contribution < -0.4 is 5.73 Å². The van der Waals surface area contributed by atoms with Gasteiger partial charge in [-0.05, 0) is 38.5 Å². The van der Waals surface area contributed by atoms with Crippen molar-refractivity contribution in [2.75, 3.05) is 0 Å². The molecule has 0 fully saturated rings. The van der Waals surface area contributed by atoms with E-state index in [1.54, 1.807) is 45.0 Å². The highest BCUT2D eigenvalue weighted by molar-refractivity contribution is 5.96. The number of carbonyl (C=O) groups excluding carboxylic acids is 2. The predicted molar refractivity (Wildman–Crippen MR) is 69.8 cm³/mol. The molecule has 1 aromatic carbocycles. The minimum absolute atomic E-state index is 0.407. The van der Waals surface area contributed by atoms with Gasteiger partial charge in [0, 0.05) is 6.08 Å². The molecule has 1 rings (SSSR count). The summed E-state index contributed by atoms with van der Waals surface area (Å²) < 4.78 is 5.28. The van der Waals surface area contributed by atoms with E-state index in [0.29, 0.717) is 11.1 Å². The smallest absolute Gasteiger partial charge is 0.339 e. The van der Waals surface area contributed by atoms with Gasteiger partial charge in [0.2, 0.25) is 5.91 Å². The highest BCUT2D eigenvalue weighted by Gasteiger charge is 2.19. The molecule has 0 atom stereocenters. The Labute approximate surface area is 106 Å². The normalized spacial score (nSPS) is 11.5. The number of rotatable bonds is 3. The van der Waals surface area contributed by atoms with E-state index in [-0.39, 0.29) is 0 Å². The Morgan fingerprint density at radius 1 is 1.22 bits per heavy atom. The number of hydrogen-bond acceptors (Lipinski definition) is 3. The summed E-state index contributed by atoms with van der Waals surface area (Å²) in [5, 5.41) is 0. The average molecular weight is 247 g/mol. The molecule has 96 valence electrons. The Bertz CT molecular complexity index is 484. The van der Waals surface area contributed by atoms with Crippen LogP contribution in [-0.2, 0) is 9.53 Å². The fourth-order valence-corrected chi connectivity index (χ4v) is 1.33. The maximum absolute atomic E-state index is 12.0. The predicted octanol–water partition coefficient (Wildman–Crippen LogP) is 2.14. The van der Waals surface area contributed by atoms with E-state index in [1.165, 1.54) is 12.2 Å². The van der Waals surface area contributed by atoms with Crippen molar-refractivity contribution in [3.63, 3.8) is 0 Å². The number of benzene rings is 1. The van der Waals surface area contributed by atoms with Crippen LogP contribution in [0.3, 0.4) is 0 Å². The lowest BCUT2D eigenvalue weighted by Crippen LogP contribution is -2.24. The van der Waals surface area contributed by atoms with Crippen LogP contribution in [-0.4, -0.2) is 17.5 Å². The van der Waals surface area contributed by atoms with Crippen LogP contribution in [0.2, 0.25) is 0 Å². The minimum Gasteiger partial charge on any atom is -0.456 e. The van der Waals surface area contributed by atoms with Crippen LogP contribution in [0, 0.1) is 0 Å². The summed E-state index contributed by atoms with van der Waals surface area (Å²) in [7, 11) is 0. The Morgan fingerprint density at radius 2 is 1.83 bits per heavy atom. The fourth-order valence-electron chi connectivity index (χ4n) is 1.33. The van der Waals surface area contributed by atoms with E-state index in [9.17, 15) is 9.59 Å². The van der Waals surface area contributed by atoms with E-state index in [1.807, 2.05) is 0 Å². The summed E-state index contributed by atoms with van der Waals surface area (Å²) in [4.78, 5) is 22.7. The molecule has 1 aromatic rings. The number of primary amides is 1. The van der Waals surface area contributed by atoms with Gasteiger partial charge in [0.15, 0.2) is 0 Å². The molecular weight excluding hydrogens is 230 g/mol. The Kier molecular flexibility index (Phi) is 4.26. The molecule has 0 radical (unpaired) electrons. The van der Waals surface area contributed by atoms with Crippen molar-refractivity contribution in [3.05, 3.63) is 41.5 Å². The second-order valence-electron chi connectivity index (χ2n) is 4.82. The second-order valence-corrected chi connectivity index (χ2v) is 4.82. The van der Waals surface area contributed by atoms with Crippen LogP contribution in [0.15, 0.2) is 30.3 Å². The number of hydrogen-bond donors (Lipinski definition) is 1. The SMILES string of the molecule is CC(C)(C)OC(=O)c1ccccc1C=CC(N)=O. The van der Waals surface area contributed by atoms with Gasteiger partial charge in [-0.25, -0.2) is 4.79 Å². The molecule has 2 N–H and O–H groups in total. The van der Waals surface area contributed by atoms with Crippen molar-refractivity contribution in [2.24, 2.45) is 5.73 Å². The highest BCUT2D eigenvalue weighted by Crippen LogP contribution is 2.16.